The van der Waals surface area contributed by atoms with E-state index in [0.29, 0.717) is 6.61 Å². The van der Waals surface area contributed by atoms with Crippen LogP contribution in [0.1, 0.15) is 46.5 Å². The van der Waals surface area contributed by atoms with Gasteiger partial charge in [0.05, 0.1) is 6.61 Å². The first-order valence-electron chi connectivity index (χ1n) is 6.26. The Balaban J connectivity index is 3.67. The van der Waals surface area contributed by atoms with Crippen molar-refractivity contribution in [2.24, 2.45) is 0 Å². The maximum Gasteiger partial charge on any atom is 0.416 e. The molecular weight excluding hydrogens is 234 g/mol. The predicted molar refractivity (Wildman–Crippen MR) is 69.0 cm³/mol. The molecule has 0 aromatic rings. The van der Waals surface area contributed by atoms with Crippen molar-refractivity contribution in [2.45, 2.75) is 52.7 Å². The van der Waals surface area contributed by atoms with Gasteiger partial charge in [0, 0.05) is 5.57 Å². The quantitative estimate of drug-likeness (QED) is 0.412. The first-order valence-corrected chi connectivity index (χ1v) is 6.26. The molecule has 0 aromatic carbocycles. The van der Waals surface area contributed by atoms with Crippen LogP contribution in [0, 0.1) is 0 Å². The lowest BCUT2D eigenvalue weighted by Crippen LogP contribution is -2.34. The number of rotatable bonds is 8. The van der Waals surface area contributed by atoms with Crippen molar-refractivity contribution in [3.05, 3.63) is 12.2 Å². The number of nitrogens with one attached hydrogen (secondary N) is 1. The lowest BCUT2D eigenvalue weighted by Gasteiger charge is -2.14. The van der Waals surface area contributed by atoms with Crippen LogP contribution >= 0.6 is 0 Å². The van der Waals surface area contributed by atoms with Crippen molar-refractivity contribution in [2.75, 3.05) is 6.61 Å². The van der Waals surface area contributed by atoms with Gasteiger partial charge in [-0.15, -0.1) is 0 Å². The number of amides is 2. The molecule has 1 N–H and O–H groups in total. The monoisotopic (exact) mass is 257 g/mol. The molecule has 1 atom stereocenters. The van der Waals surface area contributed by atoms with Gasteiger partial charge in [-0.25, -0.2) is 4.79 Å². The summed E-state index contributed by atoms with van der Waals surface area (Å²) in [5.74, 6) is -0.546. The van der Waals surface area contributed by atoms with Gasteiger partial charge < -0.3 is 9.47 Å². The number of unbranched alkanes of at least 4 members (excludes halogenated alkanes) is 3. The fourth-order valence-corrected chi connectivity index (χ4v) is 1.19. The van der Waals surface area contributed by atoms with Gasteiger partial charge in [-0.2, -0.15) is 0 Å². The van der Waals surface area contributed by atoms with Crippen molar-refractivity contribution in [3.63, 3.8) is 0 Å². The van der Waals surface area contributed by atoms with E-state index < -0.39 is 18.3 Å². The van der Waals surface area contributed by atoms with Crippen molar-refractivity contribution in [3.8, 4) is 0 Å². The van der Waals surface area contributed by atoms with Crippen LogP contribution in [-0.2, 0) is 14.3 Å². The first kappa shape index (κ1) is 16.6. The fraction of sp³-hybridized carbons (Fsp3) is 0.692. The molecule has 0 radical (unpaired) electrons. The highest BCUT2D eigenvalue weighted by Crippen LogP contribution is 2.02. The van der Waals surface area contributed by atoms with E-state index in [4.69, 9.17) is 9.47 Å². The number of alkyl carbamates (subject to hydrolysis) is 1. The van der Waals surface area contributed by atoms with Gasteiger partial charge in [0.2, 0.25) is 6.29 Å². The Morgan fingerprint density at radius 3 is 2.50 bits per heavy atom. The minimum absolute atomic E-state index is 0.250. The Morgan fingerprint density at radius 1 is 1.28 bits per heavy atom. The standard InChI is InChI=1S/C13H23NO4/c1-5-6-7-8-9-17-11(4)18-13(16)14-12(15)10(2)3/h11H,2,5-9H2,1,3-4H3,(H,14,15,16). The molecule has 0 bridgehead atoms. The van der Waals surface area contributed by atoms with E-state index in [9.17, 15) is 9.59 Å². The number of hydrogen-bond donors (Lipinski definition) is 1. The van der Waals surface area contributed by atoms with Crippen molar-refractivity contribution in [1.82, 2.24) is 5.32 Å². The van der Waals surface area contributed by atoms with E-state index in [-0.39, 0.29) is 5.57 Å². The Hall–Kier alpha value is -1.36. The van der Waals surface area contributed by atoms with Crippen LogP contribution in [0.4, 0.5) is 4.79 Å². The summed E-state index contributed by atoms with van der Waals surface area (Å²) in [5.41, 5.74) is 0.250. The van der Waals surface area contributed by atoms with Gasteiger partial charge >= 0.3 is 6.09 Å². The van der Waals surface area contributed by atoms with E-state index in [1.807, 2.05) is 5.32 Å². The first-order chi connectivity index (χ1) is 8.47. The second kappa shape index (κ2) is 9.65. The molecule has 104 valence electrons. The Morgan fingerprint density at radius 2 is 1.94 bits per heavy atom. The largest absolute Gasteiger partial charge is 0.420 e. The molecule has 0 saturated carbocycles. The lowest BCUT2D eigenvalue weighted by atomic mass is 10.2. The molecule has 0 rings (SSSR count). The molecule has 0 heterocycles. The second-order valence-electron chi connectivity index (χ2n) is 4.14. The third-order valence-corrected chi connectivity index (χ3v) is 2.23. The van der Waals surface area contributed by atoms with Gasteiger partial charge in [0.1, 0.15) is 0 Å². The van der Waals surface area contributed by atoms with Crippen LogP contribution in [-0.4, -0.2) is 24.9 Å². The molecule has 0 saturated heterocycles. The summed E-state index contributed by atoms with van der Waals surface area (Å²) in [5, 5.41) is 2.04. The smallest absolute Gasteiger partial charge is 0.416 e. The lowest BCUT2D eigenvalue weighted by molar-refractivity contribution is -0.119. The topological polar surface area (TPSA) is 64.6 Å². The van der Waals surface area contributed by atoms with E-state index in [1.54, 1.807) is 6.92 Å². The van der Waals surface area contributed by atoms with Gasteiger partial charge in [-0.1, -0.05) is 32.8 Å². The SMILES string of the molecule is C=C(C)C(=O)NC(=O)OC(C)OCCCCCC. The highest BCUT2D eigenvalue weighted by molar-refractivity contribution is 6.01. The van der Waals surface area contributed by atoms with Crippen LogP contribution in [0.25, 0.3) is 0 Å². The zero-order valence-electron chi connectivity index (χ0n) is 11.5. The zero-order valence-corrected chi connectivity index (χ0v) is 11.5. The summed E-state index contributed by atoms with van der Waals surface area (Å²) in [7, 11) is 0. The van der Waals surface area contributed by atoms with E-state index in [1.165, 1.54) is 13.3 Å². The van der Waals surface area contributed by atoms with E-state index in [2.05, 4.69) is 13.5 Å². The molecule has 0 aliphatic carbocycles. The van der Waals surface area contributed by atoms with E-state index >= 15 is 0 Å². The molecule has 5 heteroatoms. The average molecular weight is 257 g/mol. The van der Waals surface area contributed by atoms with Gasteiger partial charge in [-0.3, -0.25) is 10.1 Å². The predicted octanol–water partition coefficient (Wildman–Crippen LogP) is 2.76. The van der Waals surface area contributed by atoms with Gasteiger partial charge in [0.15, 0.2) is 0 Å². The highest BCUT2D eigenvalue weighted by atomic mass is 16.7. The van der Waals surface area contributed by atoms with Gasteiger partial charge in [0.25, 0.3) is 5.91 Å². The minimum Gasteiger partial charge on any atom is -0.420 e. The number of carbonyl (C=O) groups is 2. The molecule has 1 unspecified atom stereocenters. The molecule has 18 heavy (non-hydrogen) atoms. The summed E-state index contributed by atoms with van der Waals surface area (Å²) in [6.07, 6.45) is 2.90. The summed E-state index contributed by atoms with van der Waals surface area (Å²) < 4.78 is 10.1. The summed E-state index contributed by atoms with van der Waals surface area (Å²) in [4.78, 5) is 22.3. The Kier molecular flexibility index (Phi) is 8.92. The number of carbonyl (C=O) groups excluding carboxylic acids is 2. The van der Waals surface area contributed by atoms with Crippen LogP contribution in [0.15, 0.2) is 12.2 Å². The zero-order chi connectivity index (χ0) is 14.0. The van der Waals surface area contributed by atoms with Crippen LogP contribution < -0.4 is 5.32 Å². The number of hydrogen-bond acceptors (Lipinski definition) is 4. The average Bonchev–Trinajstić information content (AvgIpc) is 2.28. The number of ether oxygens (including phenoxy) is 2. The molecule has 0 aromatic heterocycles. The fourth-order valence-electron chi connectivity index (χ4n) is 1.19. The number of imide groups is 1. The Bertz CT molecular complexity index is 289. The van der Waals surface area contributed by atoms with E-state index in [0.717, 1.165) is 19.3 Å². The molecule has 5 nitrogen and oxygen atoms in total. The van der Waals surface area contributed by atoms with Crippen LogP contribution in [0.2, 0.25) is 0 Å². The second-order valence-corrected chi connectivity index (χ2v) is 4.14. The maximum absolute atomic E-state index is 11.2. The van der Waals surface area contributed by atoms with Crippen molar-refractivity contribution in [1.29, 1.82) is 0 Å². The third-order valence-electron chi connectivity index (χ3n) is 2.23. The van der Waals surface area contributed by atoms with Crippen LogP contribution in [0.5, 0.6) is 0 Å². The summed E-state index contributed by atoms with van der Waals surface area (Å²) in [6, 6.07) is 0. The van der Waals surface area contributed by atoms with Crippen molar-refractivity contribution < 1.29 is 19.1 Å². The summed E-state index contributed by atoms with van der Waals surface area (Å²) in [6.45, 7) is 9.22. The molecular formula is C13H23NO4. The summed E-state index contributed by atoms with van der Waals surface area (Å²) >= 11 is 0. The third kappa shape index (κ3) is 8.75. The maximum atomic E-state index is 11.2. The molecule has 0 aliphatic rings. The molecule has 2 amide bonds. The van der Waals surface area contributed by atoms with Crippen LogP contribution in [0.3, 0.4) is 0 Å². The normalized spacial score (nSPS) is 11.7. The highest BCUT2D eigenvalue weighted by Gasteiger charge is 2.12. The minimum atomic E-state index is -0.816. The molecule has 0 spiro atoms. The molecule has 0 aliphatic heterocycles. The Labute approximate surface area is 109 Å². The van der Waals surface area contributed by atoms with Gasteiger partial charge in [-0.05, 0) is 20.3 Å². The molecule has 0 fully saturated rings. The van der Waals surface area contributed by atoms with Crippen molar-refractivity contribution >= 4 is 12.0 Å².